The highest BCUT2D eigenvalue weighted by Gasteiger charge is 2.34. The fourth-order valence-corrected chi connectivity index (χ4v) is 1.73. The molecule has 0 amide bonds. The van der Waals surface area contributed by atoms with Crippen molar-refractivity contribution >= 4 is 11.6 Å². The molecule has 0 aromatic heterocycles. The highest BCUT2D eigenvalue weighted by Crippen LogP contribution is 2.35. The van der Waals surface area contributed by atoms with Gasteiger partial charge in [-0.25, -0.2) is 8.78 Å². The van der Waals surface area contributed by atoms with E-state index in [0.717, 1.165) is 25.1 Å². The summed E-state index contributed by atoms with van der Waals surface area (Å²) in [5, 5.41) is -0.523. The van der Waals surface area contributed by atoms with Crippen LogP contribution in [0, 0.1) is 0 Å². The molecular weight excluding hydrogens is 277 g/mol. The Morgan fingerprint density at radius 2 is 1.83 bits per heavy atom. The molecule has 0 saturated carbocycles. The lowest BCUT2D eigenvalue weighted by atomic mass is 9.94. The van der Waals surface area contributed by atoms with Crippen LogP contribution in [0.3, 0.4) is 0 Å². The Bertz CT molecular complexity index is 428. The molecule has 102 valence electrons. The number of hydrogen-bond acceptors (Lipinski definition) is 1. The third-order valence-corrected chi connectivity index (χ3v) is 2.74. The van der Waals surface area contributed by atoms with E-state index in [0.29, 0.717) is 0 Å². The predicted octanol–water partition coefficient (Wildman–Crippen LogP) is 3.88. The van der Waals surface area contributed by atoms with Gasteiger partial charge in [-0.1, -0.05) is 17.7 Å². The van der Waals surface area contributed by atoms with Crippen LogP contribution in [0.15, 0.2) is 18.2 Å². The van der Waals surface area contributed by atoms with Crippen LogP contribution >= 0.6 is 11.6 Å². The standard InChI is InChI=1S/C11H11ClF5N/c1-10(18,9(13)14)5-6-2-3-7(8(12)4-6)11(15,16)17/h2-4,9H,5,18H2,1H3. The Balaban J connectivity index is 2.99. The Morgan fingerprint density at radius 3 is 2.22 bits per heavy atom. The third-order valence-electron chi connectivity index (χ3n) is 2.42. The number of hydrogen-bond donors (Lipinski definition) is 1. The van der Waals surface area contributed by atoms with Crippen molar-refractivity contribution in [1.82, 2.24) is 0 Å². The maximum absolute atomic E-state index is 12.5. The number of nitrogens with two attached hydrogens (primary N) is 1. The average Bonchev–Trinajstić information content (AvgIpc) is 2.14. The fourth-order valence-electron chi connectivity index (χ4n) is 1.42. The molecule has 1 aromatic carbocycles. The van der Waals surface area contributed by atoms with E-state index in [2.05, 4.69) is 0 Å². The molecule has 0 saturated heterocycles. The smallest absolute Gasteiger partial charge is 0.320 e. The molecule has 1 atom stereocenters. The molecule has 0 aliphatic heterocycles. The highest BCUT2D eigenvalue weighted by atomic mass is 35.5. The molecule has 1 rings (SSSR count). The molecule has 0 radical (unpaired) electrons. The summed E-state index contributed by atoms with van der Waals surface area (Å²) in [5.41, 5.74) is 2.79. The second-order valence-corrected chi connectivity index (χ2v) is 4.70. The van der Waals surface area contributed by atoms with Gasteiger partial charge in [-0.15, -0.1) is 0 Å². The van der Waals surface area contributed by atoms with E-state index in [-0.39, 0.29) is 12.0 Å². The third kappa shape index (κ3) is 3.55. The van der Waals surface area contributed by atoms with Gasteiger partial charge in [0, 0.05) is 0 Å². The molecule has 1 unspecified atom stereocenters. The van der Waals surface area contributed by atoms with E-state index in [1.807, 2.05) is 0 Å². The van der Waals surface area contributed by atoms with E-state index in [1.165, 1.54) is 0 Å². The van der Waals surface area contributed by atoms with Crippen molar-refractivity contribution in [2.45, 2.75) is 31.5 Å². The average molecular weight is 288 g/mol. The molecule has 0 aliphatic carbocycles. The van der Waals surface area contributed by atoms with Crippen LogP contribution in [0.25, 0.3) is 0 Å². The van der Waals surface area contributed by atoms with Gasteiger partial charge in [0.05, 0.1) is 16.1 Å². The van der Waals surface area contributed by atoms with Crippen molar-refractivity contribution < 1.29 is 22.0 Å². The quantitative estimate of drug-likeness (QED) is 0.839. The van der Waals surface area contributed by atoms with Gasteiger partial charge in [0.15, 0.2) is 0 Å². The zero-order valence-corrected chi connectivity index (χ0v) is 10.1. The number of benzene rings is 1. The Kier molecular flexibility index (Phi) is 4.23. The topological polar surface area (TPSA) is 26.0 Å². The first-order valence-corrected chi connectivity index (χ1v) is 5.34. The Hall–Kier alpha value is -0.880. The van der Waals surface area contributed by atoms with Gasteiger partial charge in [-0.2, -0.15) is 13.2 Å². The van der Waals surface area contributed by atoms with Crippen LogP contribution in [-0.4, -0.2) is 12.0 Å². The van der Waals surface area contributed by atoms with Crippen LogP contribution < -0.4 is 5.73 Å². The van der Waals surface area contributed by atoms with Crippen LogP contribution in [0.4, 0.5) is 22.0 Å². The van der Waals surface area contributed by atoms with Crippen molar-refractivity contribution in [3.63, 3.8) is 0 Å². The van der Waals surface area contributed by atoms with Crippen LogP contribution in [0.1, 0.15) is 18.1 Å². The molecule has 7 heteroatoms. The summed E-state index contributed by atoms with van der Waals surface area (Å²) < 4.78 is 62.3. The normalized spacial score (nSPS) is 15.8. The lowest BCUT2D eigenvalue weighted by molar-refractivity contribution is -0.137. The number of halogens is 6. The summed E-state index contributed by atoms with van der Waals surface area (Å²) in [4.78, 5) is 0. The number of alkyl halides is 5. The summed E-state index contributed by atoms with van der Waals surface area (Å²) in [7, 11) is 0. The maximum atomic E-state index is 12.5. The molecule has 0 bridgehead atoms. The van der Waals surface area contributed by atoms with E-state index < -0.39 is 28.7 Å². The predicted molar refractivity (Wildman–Crippen MR) is 58.8 cm³/mol. The van der Waals surface area contributed by atoms with Gasteiger partial charge in [0.25, 0.3) is 6.43 Å². The van der Waals surface area contributed by atoms with E-state index in [1.54, 1.807) is 0 Å². The Morgan fingerprint density at radius 1 is 1.28 bits per heavy atom. The van der Waals surface area contributed by atoms with Crippen molar-refractivity contribution in [3.05, 3.63) is 34.3 Å². The second-order valence-electron chi connectivity index (χ2n) is 4.30. The fraction of sp³-hybridized carbons (Fsp3) is 0.455. The van der Waals surface area contributed by atoms with Crippen LogP contribution in [0.5, 0.6) is 0 Å². The summed E-state index contributed by atoms with van der Waals surface area (Å²) in [6.07, 6.45) is -7.61. The van der Waals surface area contributed by atoms with E-state index >= 15 is 0 Å². The zero-order chi connectivity index (χ0) is 14.1. The summed E-state index contributed by atoms with van der Waals surface area (Å²) in [6, 6.07) is 2.87. The Labute approximate surface area is 106 Å². The first-order chi connectivity index (χ1) is 8.04. The molecule has 1 nitrogen and oxygen atoms in total. The molecule has 0 heterocycles. The highest BCUT2D eigenvalue weighted by molar-refractivity contribution is 6.31. The van der Waals surface area contributed by atoms with Gasteiger partial charge >= 0.3 is 6.18 Å². The summed E-state index contributed by atoms with van der Waals surface area (Å²) in [6.45, 7) is 1.13. The molecule has 0 fully saturated rings. The minimum Gasteiger partial charge on any atom is -0.320 e. The first-order valence-electron chi connectivity index (χ1n) is 4.96. The largest absolute Gasteiger partial charge is 0.417 e. The van der Waals surface area contributed by atoms with Gasteiger partial charge in [-0.3, -0.25) is 0 Å². The van der Waals surface area contributed by atoms with Gasteiger partial charge in [0.2, 0.25) is 0 Å². The maximum Gasteiger partial charge on any atom is 0.417 e. The molecule has 2 N–H and O–H groups in total. The van der Waals surface area contributed by atoms with Gasteiger partial charge in [-0.05, 0) is 31.0 Å². The van der Waals surface area contributed by atoms with Crippen LogP contribution in [-0.2, 0) is 12.6 Å². The van der Waals surface area contributed by atoms with E-state index in [9.17, 15) is 22.0 Å². The number of rotatable bonds is 3. The minimum atomic E-state index is -4.57. The van der Waals surface area contributed by atoms with Crippen molar-refractivity contribution in [2.24, 2.45) is 5.73 Å². The second kappa shape index (κ2) is 5.01. The van der Waals surface area contributed by atoms with Gasteiger partial charge in [0.1, 0.15) is 0 Å². The first kappa shape index (κ1) is 15.2. The van der Waals surface area contributed by atoms with Crippen molar-refractivity contribution in [2.75, 3.05) is 0 Å². The van der Waals surface area contributed by atoms with Crippen molar-refractivity contribution in [3.8, 4) is 0 Å². The summed E-state index contributed by atoms with van der Waals surface area (Å²) >= 11 is 5.47. The molecule has 0 aliphatic rings. The zero-order valence-electron chi connectivity index (χ0n) is 9.36. The molecule has 1 aromatic rings. The molecule has 18 heavy (non-hydrogen) atoms. The van der Waals surface area contributed by atoms with Crippen LogP contribution in [0.2, 0.25) is 5.02 Å². The molecular formula is C11H11ClF5N. The van der Waals surface area contributed by atoms with Gasteiger partial charge < -0.3 is 5.73 Å². The summed E-state index contributed by atoms with van der Waals surface area (Å²) in [5.74, 6) is 0. The van der Waals surface area contributed by atoms with Crippen molar-refractivity contribution in [1.29, 1.82) is 0 Å². The lowest BCUT2D eigenvalue weighted by Gasteiger charge is -2.23. The minimum absolute atomic E-state index is 0.235. The SMILES string of the molecule is CC(N)(Cc1ccc(C(F)(F)F)c(Cl)c1)C(F)F. The van der Waals surface area contributed by atoms with E-state index in [4.69, 9.17) is 17.3 Å². The molecule has 0 spiro atoms. The monoisotopic (exact) mass is 287 g/mol. The lowest BCUT2D eigenvalue weighted by Crippen LogP contribution is -2.45.